The summed E-state index contributed by atoms with van der Waals surface area (Å²) in [7, 11) is 1.65. The maximum atomic E-state index is 13.4. The number of halogens is 1. The molecule has 2 amide bonds. The number of hydrogen-bond donors (Lipinski definition) is 2. The minimum Gasteiger partial charge on any atom is -0.344 e. The van der Waals surface area contributed by atoms with Crippen LogP contribution in [0.1, 0.15) is 57.4 Å². The fraction of sp³-hybridized carbons (Fsp3) is 0.381. The number of nitrogens with one attached hydrogen (secondary N) is 2. The SMILES string of the molecule is Cc1cc(NC(=O)c2c(C)c(C(=O)C(=O)NC3(C)CC3)n(C)c2C)ccc1F. The predicted molar refractivity (Wildman–Crippen MR) is 104 cm³/mol. The summed E-state index contributed by atoms with van der Waals surface area (Å²) in [5.74, 6) is -2.09. The number of amides is 2. The fourth-order valence-electron chi connectivity index (χ4n) is 3.30. The van der Waals surface area contributed by atoms with E-state index >= 15 is 0 Å². The van der Waals surface area contributed by atoms with Gasteiger partial charge in [0.2, 0.25) is 0 Å². The highest BCUT2D eigenvalue weighted by Crippen LogP contribution is 2.34. The van der Waals surface area contributed by atoms with E-state index < -0.39 is 17.6 Å². The number of Topliss-reactive ketones (excluding diaryl/α,β-unsaturated/α-hetero) is 1. The Kier molecular flexibility index (Phi) is 4.87. The lowest BCUT2D eigenvalue weighted by Crippen LogP contribution is -2.39. The Morgan fingerprint density at radius 1 is 1.14 bits per heavy atom. The van der Waals surface area contributed by atoms with Crippen molar-refractivity contribution in [3.8, 4) is 0 Å². The molecule has 1 saturated carbocycles. The smallest absolute Gasteiger partial charge is 0.294 e. The van der Waals surface area contributed by atoms with Gasteiger partial charge in [-0.2, -0.15) is 0 Å². The highest BCUT2D eigenvalue weighted by atomic mass is 19.1. The molecule has 0 unspecified atom stereocenters. The Morgan fingerprint density at radius 3 is 2.36 bits per heavy atom. The van der Waals surface area contributed by atoms with Gasteiger partial charge < -0.3 is 15.2 Å². The minimum atomic E-state index is -0.662. The van der Waals surface area contributed by atoms with Crippen LogP contribution in [0.2, 0.25) is 0 Å². The number of nitrogens with zero attached hydrogens (tertiary/aromatic N) is 1. The van der Waals surface area contributed by atoms with Gasteiger partial charge in [-0.1, -0.05) is 0 Å². The van der Waals surface area contributed by atoms with Gasteiger partial charge in [-0.3, -0.25) is 14.4 Å². The molecule has 28 heavy (non-hydrogen) atoms. The summed E-state index contributed by atoms with van der Waals surface area (Å²) in [5, 5.41) is 5.49. The summed E-state index contributed by atoms with van der Waals surface area (Å²) >= 11 is 0. The van der Waals surface area contributed by atoms with E-state index in [0.29, 0.717) is 28.1 Å². The molecule has 148 valence electrons. The quantitative estimate of drug-likeness (QED) is 0.613. The molecule has 1 aromatic carbocycles. The summed E-state index contributed by atoms with van der Waals surface area (Å²) in [6.45, 7) is 6.87. The second-order valence-corrected chi connectivity index (χ2v) is 7.76. The normalized spacial score (nSPS) is 14.5. The zero-order valence-corrected chi connectivity index (χ0v) is 16.7. The van der Waals surface area contributed by atoms with E-state index in [9.17, 15) is 18.8 Å². The first kappa shape index (κ1) is 19.8. The van der Waals surface area contributed by atoms with Gasteiger partial charge >= 0.3 is 0 Å². The fourth-order valence-corrected chi connectivity index (χ4v) is 3.30. The first-order chi connectivity index (χ1) is 13.0. The molecule has 0 spiro atoms. The van der Waals surface area contributed by atoms with E-state index in [2.05, 4.69) is 10.6 Å². The van der Waals surface area contributed by atoms with Crippen LogP contribution in [0, 0.1) is 26.6 Å². The molecule has 1 aliphatic rings. The zero-order valence-electron chi connectivity index (χ0n) is 16.7. The van der Waals surface area contributed by atoms with Crippen LogP contribution in [0.4, 0.5) is 10.1 Å². The predicted octanol–water partition coefficient (Wildman–Crippen LogP) is 3.19. The number of benzene rings is 1. The van der Waals surface area contributed by atoms with E-state index in [0.717, 1.165) is 12.8 Å². The van der Waals surface area contributed by atoms with Crippen LogP contribution in [-0.2, 0) is 11.8 Å². The first-order valence-corrected chi connectivity index (χ1v) is 9.14. The number of rotatable bonds is 5. The van der Waals surface area contributed by atoms with E-state index in [1.54, 1.807) is 32.4 Å². The molecule has 2 aromatic rings. The van der Waals surface area contributed by atoms with Crippen LogP contribution in [0.25, 0.3) is 0 Å². The Balaban J connectivity index is 1.89. The van der Waals surface area contributed by atoms with Crippen molar-refractivity contribution in [2.45, 2.75) is 46.1 Å². The van der Waals surface area contributed by atoms with Gasteiger partial charge in [0.05, 0.1) is 11.3 Å². The largest absolute Gasteiger partial charge is 0.344 e. The van der Waals surface area contributed by atoms with Gasteiger partial charge in [0, 0.05) is 24.0 Å². The summed E-state index contributed by atoms with van der Waals surface area (Å²) in [5.41, 5.74) is 2.11. The third-order valence-corrected chi connectivity index (χ3v) is 5.41. The van der Waals surface area contributed by atoms with Crippen LogP contribution < -0.4 is 10.6 Å². The molecule has 1 fully saturated rings. The van der Waals surface area contributed by atoms with Crippen molar-refractivity contribution in [2.24, 2.45) is 7.05 Å². The Morgan fingerprint density at radius 2 is 1.79 bits per heavy atom. The highest BCUT2D eigenvalue weighted by Gasteiger charge is 2.41. The van der Waals surface area contributed by atoms with Crippen molar-refractivity contribution in [1.29, 1.82) is 0 Å². The van der Waals surface area contributed by atoms with E-state index in [4.69, 9.17) is 0 Å². The highest BCUT2D eigenvalue weighted by molar-refractivity contribution is 6.43. The van der Waals surface area contributed by atoms with Crippen molar-refractivity contribution in [3.05, 3.63) is 52.1 Å². The average Bonchev–Trinajstić information content (AvgIpc) is 3.29. The topological polar surface area (TPSA) is 80.2 Å². The van der Waals surface area contributed by atoms with Crippen molar-refractivity contribution >= 4 is 23.3 Å². The minimum absolute atomic E-state index is 0.194. The lowest BCUT2D eigenvalue weighted by Gasteiger charge is -2.11. The standard InChI is InChI=1S/C21H24FN3O3/c1-11-10-14(6-7-15(11)22)23-19(27)16-12(2)17(25(5)13(16)3)18(26)20(28)24-21(4)8-9-21/h6-7,10H,8-9H2,1-5H3,(H,23,27)(H,24,28). The van der Waals surface area contributed by atoms with Crippen LogP contribution in [0.15, 0.2) is 18.2 Å². The van der Waals surface area contributed by atoms with Gasteiger partial charge in [-0.05, 0) is 69.9 Å². The molecule has 0 radical (unpaired) electrons. The average molecular weight is 385 g/mol. The third-order valence-electron chi connectivity index (χ3n) is 5.41. The molecule has 0 aliphatic heterocycles. The molecule has 0 bridgehead atoms. The molecule has 2 N–H and O–H groups in total. The molecule has 0 saturated heterocycles. The number of carbonyl (C=O) groups excluding carboxylic acids is 3. The molecule has 3 rings (SSSR count). The molecule has 7 heteroatoms. The van der Waals surface area contributed by atoms with E-state index in [-0.39, 0.29) is 17.1 Å². The van der Waals surface area contributed by atoms with Crippen LogP contribution in [0.3, 0.4) is 0 Å². The summed E-state index contributed by atoms with van der Waals surface area (Å²) in [6, 6.07) is 4.30. The van der Waals surface area contributed by atoms with Crippen molar-refractivity contribution in [1.82, 2.24) is 9.88 Å². The van der Waals surface area contributed by atoms with E-state index in [1.165, 1.54) is 18.2 Å². The Labute approximate surface area is 163 Å². The van der Waals surface area contributed by atoms with Crippen LogP contribution in [0.5, 0.6) is 0 Å². The second-order valence-electron chi connectivity index (χ2n) is 7.76. The monoisotopic (exact) mass is 385 g/mol. The Hall–Kier alpha value is -2.96. The first-order valence-electron chi connectivity index (χ1n) is 9.14. The van der Waals surface area contributed by atoms with Crippen LogP contribution in [-0.4, -0.2) is 27.7 Å². The lowest BCUT2D eigenvalue weighted by atomic mass is 10.1. The molecule has 1 aliphatic carbocycles. The van der Waals surface area contributed by atoms with Gasteiger partial charge in [-0.15, -0.1) is 0 Å². The number of anilines is 1. The molecule has 6 nitrogen and oxygen atoms in total. The number of carbonyl (C=O) groups is 3. The summed E-state index contributed by atoms with van der Waals surface area (Å²) < 4.78 is 15.0. The van der Waals surface area contributed by atoms with Crippen molar-refractivity contribution < 1.29 is 18.8 Å². The van der Waals surface area contributed by atoms with Crippen molar-refractivity contribution in [3.63, 3.8) is 0 Å². The summed E-state index contributed by atoms with van der Waals surface area (Å²) in [6.07, 6.45) is 1.70. The third kappa shape index (κ3) is 3.56. The number of aromatic nitrogens is 1. The van der Waals surface area contributed by atoms with Gasteiger partial charge in [0.25, 0.3) is 17.6 Å². The molecular weight excluding hydrogens is 361 g/mol. The molecule has 1 heterocycles. The Bertz CT molecular complexity index is 1000. The van der Waals surface area contributed by atoms with E-state index in [1.807, 2.05) is 6.92 Å². The maximum absolute atomic E-state index is 13.4. The maximum Gasteiger partial charge on any atom is 0.294 e. The number of hydrogen-bond acceptors (Lipinski definition) is 3. The zero-order chi connectivity index (χ0) is 20.8. The molecular formula is C21H24FN3O3. The second kappa shape index (κ2) is 6.89. The van der Waals surface area contributed by atoms with Gasteiger partial charge in [0.1, 0.15) is 5.82 Å². The van der Waals surface area contributed by atoms with Gasteiger partial charge in [-0.25, -0.2) is 4.39 Å². The lowest BCUT2D eigenvalue weighted by molar-refractivity contribution is -0.117. The van der Waals surface area contributed by atoms with Crippen LogP contribution >= 0.6 is 0 Å². The number of aryl methyl sites for hydroxylation is 1. The summed E-state index contributed by atoms with van der Waals surface area (Å²) in [4.78, 5) is 37.9. The van der Waals surface area contributed by atoms with Gasteiger partial charge in [0.15, 0.2) is 0 Å². The molecule has 1 aromatic heterocycles. The number of ketones is 1. The molecule has 0 atom stereocenters. The van der Waals surface area contributed by atoms with Crippen molar-refractivity contribution in [2.75, 3.05) is 5.32 Å².